The van der Waals surface area contributed by atoms with Gasteiger partial charge in [0.1, 0.15) is 0 Å². The van der Waals surface area contributed by atoms with Gasteiger partial charge in [-0.05, 0) is 41.2 Å². The molecule has 1 N–H and O–H groups in total. The lowest BCUT2D eigenvalue weighted by Gasteiger charge is -2.30. The fourth-order valence-electron chi connectivity index (χ4n) is 6.04. The number of hydrogen-bond acceptors (Lipinski definition) is 4. The minimum absolute atomic E-state index is 0.0488. The van der Waals surface area contributed by atoms with E-state index in [2.05, 4.69) is 59.6 Å². The Morgan fingerprint density at radius 3 is 2.91 bits per heavy atom. The molecule has 0 fully saturated rings. The summed E-state index contributed by atoms with van der Waals surface area (Å²) in [5, 5.41) is 3.11. The van der Waals surface area contributed by atoms with E-state index in [0.29, 0.717) is 13.2 Å². The van der Waals surface area contributed by atoms with E-state index in [1.807, 2.05) is 0 Å². The molecule has 0 aromatic heterocycles. The van der Waals surface area contributed by atoms with Crippen LogP contribution in [0.15, 0.2) is 48.1 Å². The van der Waals surface area contributed by atoms with Crippen LogP contribution in [0.25, 0.3) is 11.1 Å². The smallest absolute Gasteiger partial charge is 0.302 e. The van der Waals surface area contributed by atoms with Gasteiger partial charge in [-0.3, -0.25) is 9.59 Å². The number of benzene rings is 2. The van der Waals surface area contributed by atoms with Crippen LogP contribution in [0.2, 0.25) is 0 Å². The van der Waals surface area contributed by atoms with Gasteiger partial charge in [0.15, 0.2) is 0 Å². The van der Waals surface area contributed by atoms with Crippen molar-refractivity contribution < 1.29 is 14.3 Å². The van der Waals surface area contributed by atoms with Gasteiger partial charge < -0.3 is 15.0 Å². The molecule has 32 heavy (non-hydrogen) atoms. The van der Waals surface area contributed by atoms with Gasteiger partial charge in [0.2, 0.25) is 0 Å². The van der Waals surface area contributed by atoms with Crippen LogP contribution in [0.4, 0.5) is 5.69 Å². The molecule has 2 heterocycles. The van der Waals surface area contributed by atoms with Crippen molar-refractivity contribution in [2.45, 2.75) is 45.2 Å². The molecule has 4 aliphatic rings. The second-order valence-corrected chi connectivity index (χ2v) is 9.16. The van der Waals surface area contributed by atoms with Gasteiger partial charge in [0.25, 0.3) is 5.91 Å². The van der Waals surface area contributed by atoms with Gasteiger partial charge in [-0.1, -0.05) is 48.1 Å². The molecular weight excluding hydrogens is 400 g/mol. The first-order valence-electron chi connectivity index (χ1n) is 11.4. The summed E-state index contributed by atoms with van der Waals surface area (Å²) in [6.45, 7) is 5.41. The van der Waals surface area contributed by atoms with Crippen molar-refractivity contribution in [2.75, 3.05) is 18.1 Å². The lowest BCUT2D eigenvalue weighted by atomic mass is 9.83. The normalized spacial score (nSPS) is 21.4. The van der Waals surface area contributed by atoms with Crippen LogP contribution < -0.4 is 10.2 Å². The summed E-state index contributed by atoms with van der Waals surface area (Å²) in [6, 6.07) is 8.69. The third kappa shape index (κ3) is 2.70. The van der Waals surface area contributed by atoms with Crippen LogP contribution in [-0.4, -0.2) is 31.1 Å². The van der Waals surface area contributed by atoms with Crippen molar-refractivity contribution in [1.29, 1.82) is 0 Å². The number of ether oxygens (including phenoxy) is 1. The number of amides is 1. The maximum Gasteiger partial charge on any atom is 0.302 e. The summed E-state index contributed by atoms with van der Waals surface area (Å²) in [7, 11) is 0. The summed E-state index contributed by atoms with van der Waals surface area (Å²) >= 11 is 0. The first-order valence-corrected chi connectivity index (χ1v) is 11.4. The fourth-order valence-corrected chi connectivity index (χ4v) is 6.04. The Balaban J connectivity index is 1.54. The van der Waals surface area contributed by atoms with Crippen LogP contribution in [0.5, 0.6) is 0 Å². The van der Waals surface area contributed by atoms with Gasteiger partial charge >= 0.3 is 5.97 Å². The standard InChI is InChI=1S/C27H26N2O3/c1-15-8-9-22-19(12-15)24-21-14-28-27(31)25(21)23-18-7-4-3-6-17(18)13-20(23)26(24)29(22)10-5-11-32-16(2)30/h3-4,6-9,12,19,22H,5,10-11,13-14H2,1-2H3,(H,28,31). The Morgan fingerprint density at radius 1 is 1.22 bits per heavy atom. The van der Waals surface area contributed by atoms with E-state index in [4.69, 9.17) is 4.74 Å². The van der Waals surface area contributed by atoms with E-state index in [9.17, 15) is 9.59 Å². The van der Waals surface area contributed by atoms with E-state index >= 15 is 0 Å². The molecule has 6 rings (SSSR count). The first-order chi connectivity index (χ1) is 15.5. The van der Waals surface area contributed by atoms with Crippen LogP contribution in [-0.2, 0) is 22.5 Å². The lowest BCUT2D eigenvalue weighted by Crippen LogP contribution is -2.35. The van der Waals surface area contributed by atoms with E-state index in [0.717, 1.165) is 36.1 Å². The van der Waals surface area contributed by atoms with Crippen LogP contribution >= 0.6 is 0 Å². The largest absolute Gasteiger partial charge is 0.466 e. The third-order valence-corrected chi connectivity index (χ3v) is 7.22. The zero-order valence-electron chi connectivity index (χ0n) is 18.4. The second kappa shape index (κ2) is 7.09. The minimum atomic E-state index is -0.237. The second-order valence-electron chi connectivity index (χ2n) is 9.16. The molecule has 2 atom stereocenters. The summed E-state index contributed by atoms with van der Waals surface area (Å²) in [5.74, 6) is 0.0476. The number of allylic oxidation sites excluding steroid dienone is 2. The van der Waals surface area contributed by atoms with Crippen molar-refractivity contribution >= 4 is 17.6 Å². The van der Waals surface area contributed by atoms with Crippen LogP contribution in [0, 0.1) is 0 Å². The van der Waals surface area contributed by atoms with E-state index in [1.54, 1.807) is 0 Å². The molecule has 0 saturated heterocycles. The Morgan fingerprint density at radius 2 is 2.06 bits per heavy atom. The number of fused-ring (bicyclic) bond motifs is 10. The molecule has 0 saturated carbocycles. The monoisotopic (exact) mass is 426 g/mol. The van der Waals surface area contributed by atoms with Gasteiger partial charge in [0.05, 0.1) is 18.2 Å². The molecule has 2 aliphatic heterocycles. The molecule has 162 valence electrons. The Kier molecular flexibility index (Phi) is 4.29. The van der Waals surface area contributed by atoms with Gasteiger partial charge in [-0.2, -0.15) is 0 Å². The minimum Gasteiger partial charge on any atom is -0.466 e. The molecule has 0 spiro atoms. The molecular formula is C27H26N2O3. The number of hydrogen-bond donors (Lipinski definition) is 1. The average molecular weight is 427 g/mol. The van der Waals surface area contributed by atoms with Gasteiger partial charge in [-0.25, -0.2) is 0 Å². The molecule has 0 bridgehead atoms. The predicted octanol–water partition coefficient (Wildman–Crippen LogP) is 4.24. The number of nitrogens with one attached hydrogen (secondary N) is 1. The van der Waals surface area contributed by atoms with Crippen molar-refractivity contribution in [3.63, 3.8) is 0 Å². The predicted molar refractivity (Wildman–Crippen MR) is 124 cm³/mol. The van der Waals surface area contributed by atoms with E-state index in [1.165, 1.54) is 40.4 Å². The highest BCUT2D eigenvalue weighted by Gasteiger charge is 2.45. The number of carbonyl (C=O) groups is 2. The number of nitrogens with zero attached hydrogens (tertiary/aromatic N) is 1. The van der Waals surface area contributed by atoms with E-state index < -0.39 is 0 Å². The zero-order chi connectivity index (χ0) is 22.0. The third-order valence-electron chi connectivity index (χ3n) is 7.22. The Bertz CT molecular complexity index is 1240. The van der Waals surface area contributed by atoms with E-state index in [-0.39, 0.29) is 23.8 Å². The fraction of sp³-hybridized carbons (Fsp3) is 0.333. The highest BCUT2D eigenvalue weighted by atomic mass is 16.5. The maximum atomic E-state index is 13.0. The maximum absolute atomic E-state index is 13.0. The summed E-state index contributed by atoms with van der Waals surface area (Å²) < 4.78 is 5.22. The molecule has 0 radical (unpaired) electrons. The molecule has 5 nitrogen and oxygen atoms in total. The quantitative estimate of drug-likeness (QED) is 0.501. The van der Waals surface area contributed by atoms with Crippen molar-refractivity contribution in [3.8, 4) is 11.1 Å². The molecule has 2 aliphatic carbocycles. The van der Waals surface area contributed by atoms with Gasteiger partial charge in [0, 0.05) is 43.6 Å². The number of rotatable bonds is 4. The Hall–Kier alpha value is -3.34. The van der Waals surface area contributed by atoms with Crippen molar-refractivity contribution in [1.82, 2.24) is 5.32 Å². The summed E-state index contributed by atoms with van der Waals surface area (Å²) in [6.07, 6.45) is 8.48. The summed E-state index contributed by atoms with van der Waals surface area (Å²) in [5.41, 5.74) is 10.8. The zero-order valence-corrected chi connectivity index (χ0v) is 18.4. The van der Waals surface area contributed by atoms with Crippen LogP contribution in [0.3, 0.4) is 0 Å². The number of carbonyl (C=O) groups excluding carboxylic acids is 2. The van der Waals surface area contributed by atoms with Crippen molar-refractivity contribution in [2.24, 2.45) is 0 Å². The molecule has 2 unspecified atom stereocenters. The molecule has 2 aromatic carbocycles. The lowest BCUT2D eigenvalue weighted by molar-refractivity contribution is -0.140. The SMILES string of the molecule is CC(=O)OCCCN1c2c3c(c4c(c2C2C=C(C)C=CC21)CNC4=O)-c1ccccc1C3. The molecule has 1 amide bonds. The van der Waals surface area contributed by atoms with Crippen molar-refractivity contribution in [3.05, 3.63) is 75.9 Å². The van der Waals surface area contributed by atoms with Gasteiger partial charge in [-0.15, -0.1) is 0 Å². The highest BCUT2D eigenvalue weighted by Crippen LogP contribution is 2.55. The summed E-state index contributed by atoms with van der Waals surface area (Å²) in [4.78, 5) is 26.8. The Labute approximate surface area is 187 Å². The highest BCUT2D eigenvalue weighted by molar-refractivity contribution is 6.09. The molecule has 5 heteroatoms. The topological polar surface area (TPSA) is 58.6 Å². The number of anilines is 1. The first kappa shape index (κ1) is 19.4. The average Bonchev–Trinajstić information content (AvgIpc) is 3.42. The molecule has 2 aromatic rings. The van der Waals surface area contributed by atoms with Crippen LogP contribution in [0.1, 0.15) is 58.8 Å². The number of esters is 1.